The molecule has 0 saturated heterocycles. The number of rotatable bonds is 30. The number of carbonyl (C=O) groups excluding carboxylic acids is 4. The molecule has 13 aromatic rings. The molecule has 13 rings (SSSR count). The van der Waals surface area contributed by atoms with Crippen molar-refractivity contribution in [2.75, 3.05) is 31.6 Å². The van der Waals surface area contributed by atoms with Gasteiger partial charge < -0.3 is 65.8 Å². The summed E-state index contributed by atoms with van der Waals surface area (Å²) in [6, 6.07) is 100. The van der Waals surface area contributed by atoms with E-state index in [9.17, 15) is 19.2 Å². The van der Waals surface area contributed by atoms with E-state index in [2.05, 4.69) is 113 Å². The van der Waals surface area contributed by atoms with Crippen LogP contribution in [-0.4, -0.2) is 110 Å². The number of pyridine rings is 8. The first-order valence-corrected chi connectivity index (χ1v) is 39.5. The van der Waals surface area contributed by atoms with Crippen LogP contribution in [-0.2, 0) is 131 Å². The van der Waals surface area contributed by atoms with Gasteiger partial charge in [0.2, 0.25) is 17.6 Å². The molecule has 0 unspecified atom stereocenters. The average molecular weight is 2440 g/mol. The van der Waals surface area contributed by atoms with Crippen LogP contribution in [0.5, 0.6) is 23.4 Å². The Labute approximate surface area is 811 Å². The second kappa shape index (κ2) is 66.2. The van der Waals surface area contributed by atoms with E-state index in [4.69, 9.17) is 49.9 Å². The molecule has 0 amide bonds. The molecule has 8 heterocycles. The Bertz CT molecular complexity index is 5280. The van der Waals surface area contributed by atoms with Crippen LogP contribution < -0.4 is 19.1 Å². The molecule has 0 spiro atoms. The number of allylic oxidation sites excluding steroid dienone is 8. The maximum Gasteiger partial charge on any atom is 0.219 e. The molecule has 129 heavy (non-hydrogen) atoms. The minimum atomic E-state index is -0.125. The smallest absolute Gasteiger partial charge is 0.219 e. The molecule has 682 valence electrons. The molecule has 0 atom stereocenters. The van der Waals surface area contributed by atoms with Gasteiger partial charge in [0.15, 0.2) is 23.1 Å². The molecule has 0 aliphatic carbocycles. The fourth-order valence-corrected chi connectivity index (χ4v) is 10.5. The summed E-state index contributed by atoms with van der Waals surface area (Å²) in [4.78, 5) is 77.7. The largest absolute Gasteiger partial charge is 0.656 e. The summed E-state index contributed by atoms with van der Waals surface area (Å²) in [5.74, 6) is 2.68. The van der Waals surface area contributed by atoms with Crippen molar-refractivity contribution in [2.24, 2.45) is 0 Å². The average Bonchev–Trinajstić information content (AvgIpc) is 0.856. The molecule has 4 N–H and O–H groups in total. The van der Waals surface area contributed by atoms with E-state index in [0.717, 1.165) is 73.7 Å². The Hall–Kier alpha value is -12.2. The minimum Gasteiger partial charge on any atom is -0.656 e. The first-order chi connectivity index (χ1) is 60.4. The summed E-state index contributed by atoms with van der Waals surface area (Å²) in [5, 5.41) is 51.4. The second-order valence-electron chi connectivity index (χ2n) is 27.5. The zero-order valence-electron chi connectivity index (χ0n) is 73.1. The Balaban J connectivity index is 0.000000525. The van der Waals surface area contributed by atoms with Gasteiger partial charge in [0, 0.05) is 195 Å². The third-order valence-electron chi connectivity index (χ3n) is 15.8. The number of hydrogen-bond donors (Lipinski definition) is 4. The summed E-state index contributed by atoms with van der Waals surface area (Å²) >= 11 is 0. The Morgan fingerprint density at radius 2 is 0.705 bits per heavy atom. The van der Waals surface area contributed by atoms with Crippen LogP contribution in [0.25, 0.3) is 55.0 Å². The van der Waals surface area contributed by atoms with Crippen molar-refractivity contribution in [3.63, 3.8) is 0 Å². The summed E-state index contributed by atoms with van der Waals surface area (Å²) in [6.45, 7) is 19.7. The monoisotopic (exact) mass is 2450 g/mol. The predicted octanol–water partition coefficient (Wildman–Crippen LogP) is 22.4. The molecule has 24 nitrogen and oxygen atoms in total. The van der Waals surface area contributed by atoms with Crippen LogP contribution >= 0.6 is 0 Å². The fourth-order valence-electron chi connectivity index (χ4n) is 10.5. The van der Waals surface area contributed by atoms with Gasteiger partial charge in [-0.3, -0.25) is 49.1 Å². The van der Waals surface area contributed by atoms with Gasteiger partial charge in [-0.25, -0.2) is 0 Å². The third kappa shape index (κ3) is 50.2. The van der Waals surface area contributed by atoms with Gasteiger partial charge >= 0.3 is 0 Å². The van der Waals surface area contributed by atoms with Crippen molar-refractivity contribution in [1.82, 2.24) is 39.9 Å². The van der Waals surface area contributed by atoms with Crippen molar-refractivity contribution in [3.8, 4) is 57.2 Å². The third-order valence-corrected chi connectivity index (χ3v) is 15.8. The molecule has 0 saturated carbocycles. The summed E-state index contributed by atoms with van der Waals surface area (Å²) in [5.41, 5.74) is 11.4. The summed E-state index contributed by atoms with van der Waals surface area (Å²) in [7, 11) is 0. The summed E-state index contributed by atoms with van der Waals surface area (Å²) < 4.78 is 16.7. The number of aliphatic hydroxyl groups excluding tert-OH is 4. The van der Waals surface area contributed by atoms with Crippen LogP contribution in [0.3, 0.4) is 0 Å². The van der Waals surface area contributed by atoms with Gasteiger partial charge in [0.1, 0.15) is 5.82 Å². The van der Waals surface area contributed by atoms with Gasteiger partial charge in [-0.05, 0) is 157 Å². The van der Waals surface area contributed by atoms with Crippen LogP contribution in [0, 0.1) is 24.3 Å². The van der Waals surface area contributed by atoms with E-state index in [1.807, 2.05) is 231 Å². The minimum absolute atomic E-state index is 0. The van der Waals surface area contributed by atoms with Crippen molar-refractivity contribution in [3.05, 3.63) is 419 Å². The first-order valence-electron chi connectivity index (χ1n) is 39.5. The number of benzene rings is 5. The van der Waals surface area contributed by atoms with Crippen LogP contribution in [0.15, 0.2) is 345 Å². The molecule has 28 heteroatoms. The quantitative estimate of drug-likeness (QED) is 0.0141. The Kier molecular flexibility index (Phi) is 57.9. The van der Waals surface area contributed by atoms with Gasteiger partial charge in [0.05, 0.1) is 23.0 Å². The first kappa shape index (κ1) is 113. The van der Waals surface area contributed by atoms with Crippen LogP contribution in [0.1, 0.15) is 97.7 Å². The number of aromatic nitrogens is 8. The second-order valence-corrected chi connectivity index (χ2v) is 27.5. The molecule has 8 aromatic heterocycles. The number of nitrogens with zero attached hydrogens (tertiary/aromatic N) is 13. The van der Waals surface area contributed by atoms with Crippen molar-refractivity contribution in [1.29, 1.82) is 0 Å². The van der Waals surface area contributed by atoms with E-state index in [1.165, 1.54) is 79.7 Å². The van der Waals surface area contributed by atoms with E-state index in [1.54, 1.807) is 43.0 Å². The normalized spacial score (nSPS) is 10.5. The van der Waals surface area contributed by atoms with Gasteiger partial charge in [-0.1, -0.05) is 105 Å². The SMILES string of the molecule is CC(=O)C=C(C)O.CC(=O)C=C(C)O.CC(=O)C=C(C)O.CC(=O)C=C(C)O.CC(C)(C[N-]Cc1ccccn1)c1cccc(-c2[c-]cccc2)n1.[Ir].[Ir].[Ir].[Ir].[c-]1ccccc1-c1cccc(N(C[N-]Cc2ccccn2)c2ccccc2)n1.[c-]1ccccc1-c1cccc(OC[N-]Cc2ccccn2)n1.[c-]1ccccc1Oc1cccc(OC[N-]Cc2ccccn2)n1. The van der Waals surface area contributed by atoms with E-state index < -0.39 is 0 Å². The molecular weight excluding hydrogens is 2340 g/mol. The van der Waals surface area contributed by atoms with Crippen molar-refractivity contribution >= 4 is 34.6 Å². The van der Waals surface area contributed by atoms with E-state index in [-0.39, 0.29) is 145 Å². The Morgan fingerprint density at radius 1 is 0.357 bits per heavy atom. The number of anilines is 2. The fraction of sp³-hybridized carbons (Fsp3) is 0.188. The number of carbonyl (C=O) groups is 4. The van der Waals surface area contributed by atoms with Crippen LogP contribution in [0.2, 0.25) is 0 Å². The topological polar surface area (TPSA) is 340 Å². The number of ketones is 4. The molecule has 0 aliphatic rings. The predicted molar refractivity (Wildman–Crippen MR) is 491 cm³/mol. The zero-order chi connectivity index (χ0) is 90.1. The maximum absolute atomic E-state index is 10.0. The maximum atomic E-state index is 10.0. The molecule has 4 radical (unpaired) electrons. The molecular formula is C101H103Ir4N13O11-8. The number of ether oxygens (including phenoxy) is 3. The van der Waals surface area contributed by atoms with Gasteiger partial charge in [-0.15, -0.1) is 153 Å². The molecule has 0 fully saturated rings. The number of para-hydroxylation sites is 2. The molecule has 0 aliphatic heterocycles. The van der Waals surface area contributed by atoms with Crippen LogP contribution in [0.4, 0.5) is 11.5 Å². The molecule has 0 bridgehead atoms. The summed E-state index contributed by atoms with van der Waals surface area (Å²) in [6.07, 6.45) is 11.8. The van der Waals surface area contributed by atoms with E-state index >= 15 is 0 Å². The van der Waals surface area contributed by atoms with Gasteiger partial charge in [-0.2, -0.15) is 23.2 Å². The standard InChI is InChI=1S/C24H20N4.C21H21N3.C18H15N3O2.C18H15N3O.4C5H8O2.4Ir/c1-3-10-20(11-4-1)23-15-9-16-24(27-23)28(22-13-5-2-6-14-22)19-25-18-21-12-7-8-17-26-21;1-21(2,16-22-15-18-11-6-7-14-23-18)20-13-8-12-19(24-20)17-9-4-3-5-10-17;1-2-8-16(9-3-1)23-18-11-6-10-17(21-18)22-14-19-13-15-7-4-5-12-20-15;1-2-7-15(8-3-1)17-10-6-11-18(21-17)22-14-19-13-16-9-4-5-12-20-16;4*1-4(6)3-5(2)7;;;;/h1-10,12-17H,18-19H2;3-9,11-14H,15-16H2,1-2H3;1-8,10-12H,13-14H2;1-7,9-12H,13-14H2;4*3,6H,1-2H3;;;;/q4*-2;;;;;;;;. The molecule has 5 aromatic carbocycles. The van der Waals surface area contributed by atoms with Crippen molar-refractivity contribution < 1.29 is 134 Å². The van der Waals surface area contributed by atoms with Crippen molar-refractivity contribution in [2.45, 2.75) is 101 Å². The Morgan fingerprint density at radius 3 is 1.09 bits per heavy atom. The van der Waals surface area contributed by atoms with Gasteiger partial charge in [0.25, 0.3) is 0 Å². The number of aliphatic hydroxyl groups is 4. The zero-order valence-corrected chi connectivity index (χ0v) is 82.6. The number of hydrogen-bond acceptors (Lipinski definition) is 20. The van der Waals surface area contributed by atoms with E-state index in [0.29, 0.717) is 62.8 Å².